The lowest BCUT2D eigenvalue weighted by molar-refractivity contribution is 0.0463. The highest BCUT2D eigenvalue weighted by molar-refractivity contribution is 5.89. The predicted octanol–water partition coefficient (Wildman–Crippen LogP) is 2.06. The summed E-state index contributed by atoms with van der Waals surface area (Å²) in [6, 6.07) is 5.71. The highest BCUT2D eigenvalue weighted by atomic mass is 19.1. The van der Waals surface area contributed by atoms with Crippen LogP contribution in [0.5, 0.6) is 0 Å². The average Bonchev–Trinajstić information content (AvgIpc) is 2.79. The standard InChI is InChI=1S/C14H16FN3O2/c1-3-10-7-11(18(2)17-10)8-20-14(19)9-4-5-13(16)12(15)6-9/h4-7H,3,8,16H2,1-2H3. The second-order valence-corrected chi connectivity index (χ2v) is 4.42. The van der Waals surface area contributed by atoms with Crippen molar-refractivity contribution in [2.24, 2.45) is 7.05 Å². The number of hydrogen-bond donors (Lipinski definition) is 1. The first-order valence-electron chi connectivity index (χ1n) is 6.25. The topological polar surface area (TPSA) is 70.1 Å². The number of nitrogen functional groups attached to an aromatic ring is 1. The minimum atomic E-state index is -0.631. The van der Waals surface area contributed by atoms with Crippen molar-refractivity contribution in [2.45, 2.75) is 20.0 Å². The van der Waals surface area contributed by atoms with E-state index in [1.807, 2.05) is 13.0 Å². The van der Waals surface area contributed by atoms with Crippen molar-refractivity contribution < 1.29 is 13.9 Å². The number of nitrogens with zero attached hydrogens (tertiary/aromatic N) is 2. The van der Waals surface area contributed by atoms with Crippen molar-refractivity contribution in [3.63, 3.8) is 0 Å². The monoisotopic (exact) mass is 277 g/mol. The molecule has 0 aliphatic heterocycles. The Morgan fingerprint density at radius 3 is 2.80 bits per heavy atom. The van der Waals surface area contributed by atoms with Gasteiger partial charge in [-0.05, 0) is 30.7 Å². The molecule has 0 atom stereocenters. The first kappa shape index (κ1) is 14.0. The molecule has 0 bridgehead atoms. The number of carbonyl (C=O) groups excluding carboxylic acids is 1. The molecule has 1 aromatic heterocycles. The molecular formula is C14H16FN3O2. The minimum Gasteiger partial charge on any atom is -0.456 e. The highest BCUT2D eigenvalue weighted by Gasteiger charge is 2.12. The molecule has 2 N–H and O–H groups in total. The van der Waals surface area contributed by atoms with Crippen LogP contribution in [0.4, 0.5) is 10.1 Å². The van der Waals surface area contributed by atoms with E-state index in [0.29, 0.717) is 0 Å². The first-order valence-corrected chi connectivity index (χ1v) is 6.25. The Balaban J connectivity index is 2.04. The molecule has 1 aromatic carbocycles. The van der Waals surface area contributed by atoms with Gasteiger partial charge in [0.1, 0.15) is 12.4 Å². The minimum absolute atomic E-state index is 0.000715. The molecule has 0 aliphatic rings. The first-order chi connectivity index (χ1) is 9.51. The summed E-state index contributed by atoms with van der Waals surface area (Å²) in [5.74, 6) is -1.23. The van der Waals surface area contributed by atoms with Crippen LogP contribution in [0.1, 0.15) is 28.7 Å². The van der Waals surface area contributed by atoms with Crippen LogP contribution in [0.3, 0.4) is 0 Å². The maximum absolute atomic E-state index is 13.3. The van der Waals surface area contributed by atoms with Gasteiger partial charge in [-0.3, -0.25) is 4.68 Å². The molecule has 0 spiro atoms. The van der Waals surface area contributed by atoms with Crippen molar-refractivity contribution in [3.05, 3.63) is 47.0 Å². The fraction of sp³-hybridized carbons (Fsp3) is 0.286. The zero-order chi connectivity index (χ0) is 14.7. The fourth-order valence-electron chi connectivity index (χ4n) is 1.76. The van der Waals surface area contributed by atoms with Gasteiger partial charge in [-0.2, -0.15) is 5.10 Å². The van der Waals surface area contributed by atoms with E-state index >= 15 is 0 Å². The summed E-state index contributed by atoms with van der Waals surface area (Å²) in [6.07, 6.45) is 0.810. The predicted molar refractivity (Wildman–Crippen MR) is 72.5 cm³/mol. The molecule has 0 fully saturated rings. The lowest BCUT2D eigenvalue weighted by atomic mass is 10.2. The van der Waals surface area contributed by atoms with Crippen molar-refractivity contribution in [1.82, 2.24) is 9.78 Å². The van der Waals surface area contributed by atoms with Gasteiger partial charge in [0.25, 0.3) is 0 Å². The van der Waals surface area contributed by atoms with Gasteiger partial charge in [-0.15, -0.1) is 0 Å². The number of benzene rings is 1. The smallest absolute Gasteiger partial charge is 0.338 e. The van der Waals surface area contributed by atoms with Crippen LogP contribution in [-0.4, -0.2) is 15.7 Å². The number of nitrogens with two attached hydrogens (primary N) is 1. The summed E-state index contributed by atoms with van der Waals surface area (Å²) in [7, 11) is 1.78. The number of aromatic nitrogens is 2. The number of halogens is 1. The second kappa shape index (κ2) is 5.73. The summed E-state index contributed by atoms with van der Waals surface area (Å²) < 4.78 is 20.1. The summed E-state index contributed by atoms with van der Waals surface area (Å²) in [5, 5.41) is 4.25. The van der Waals surface area contributed by atoms with Crippen LogP contribution in [0.2, 0.25) is 0 Å². The number of hydrogen-bond acceptors (Lipinski definition) is 4. The van der Waals surface area contributed by atoms with Crippen molar-refractivity contribution in [3.8, 4) is 0 Å². The number of ether oxygens (including phenoxy) is 1. The van der Waals surface area contributed by atoms with Gasteiger partial charge in [-0.1, -0.05) is 6.92 Å². The Morgan fingerprint density at radius 2 is 2.20 bits per heavy atom. The number of rotatable bonds is 4. The maximum Gasteiger partial charge on any atom is 0.338 e. The van der Waals surface area contributed by atoms with Crippen LogP contribution in [-0.2, 0) is 24.8 Å². The summed E-state index contributed by atoms with van der Waals surface area (Å²) in [4.78, 5) is 11.8. The van der Waals surface area contributed by atoms with E-state index < -0.39 is 11.8 Å². The lowest BCUT2D eigenvalue weighted by Crippen LogP contribution is -2.08. The SMILES string of the molecule is CCc1cc(COC(=O)c2ccc(N)c(F)c2)n(C)n1. The number of aryl methyl sites for hydroxylation is 2. The zero-order valence-corrected chi connectivity index (χ0v) is 11.4. The molecule has 0 unspecified atom stereocenters. The number of esters is 1. The zero-order valence-electron chi connectivity index (χ0n) is 11.4. The van der Waals surface area contributed by atoms with Gasteiger partial charge in [0.05, 0.1) is 22.6 Å². The largest absolute Gasteiger partial charge is 0.456 e. The van der Waals surface area contributed by atoms with E-state index in [0.717, 1.165) is 23.9 Å². The summed E-state index contributed by atoms with van der Waals surface area (Å²) in [5.41, 5.74) is 7.20. The molecule has 0 radical (unpaired) electrons. The van der Waals surface area contributed by atoms with E-state index in [1.165, 1.54) is 12.1 Å². The van der Waals surface area contributed by atoms with Gasteiger partial charge >= 0.3 is 5.97 Å². The van der Waals surface area contributed by atoms with Crippen molar-refractivity contribution >= 4 is 11.7 Å². The van der Waals surface area contributed by atoms with Gasteiger partial charge in [0, 0.05) is 7.05 Å². The third-order valence-electron chi connectivity index (χ3n) is 2.98. The highest BCUT2D eigenvalue weighted by Crippen LogP contribution is 2.14. The van der Waals surface area contributed by atoms with E-state index in [2.05, 4.69) is 5.10 Å². The van der Waals surface area contributed by atoms with Crippen molar-refractivity contribution in [2.75, 3.05) is 5.73 Å². The van der Waals surface area contributed by atoms with E-state index in [9.17, 15) is 9.18 Å². The van der Waals surface area contributed by atoms with Crippen LogP contribution in [0.25, 0.3) is 0 Å². The van der Waals surface area contributed by atoms with Crippen LogP contribution < -0.4 is 5.73 Å². The Bertz CT molecular complexity index is 637. The molecule has 5 nitrogen and oxygen atoms in total. The molecule has 106 valence electrons. The summed E-state index contributed by atoms with van der Waals surface area (Å²) in [6.45, 7) is 2.09. The van der Waals surface area contributed by atoms with Crippen LogP contribution in [0, 0.1) is 5.82 Å². The fourth-order valence-corrected chi connectivity index (χ4v) is 1.76. The Morgan fingerprint density at radius 1 is 1.45 bits per heavy atom. The third kappa shape index (κ3) is 2.96. The molecule has 20 heavy (non-hydrogen) atoms. The quantitative estimate of drug-likeness (QED) is 0.686. The van der Waals surface area contributed by atoms with E-state index in [-0.39, 0.29) is 17.9 Å². The maximum atomic E-state index is 13.3. The molecule has 2 aromatic rings. The van der Waals surface area contributed by atoms with E-state index in [4.69, 9.17) is 10.5 Å². The lowest BCUT2D eigenvalue weighted by Gasteiger charge is -2.05. The van der Waals surface area contributed by atoms with Crippen molar-refractivity contribution in [1.29, 1.82) is 0 Å². The Labute approximate surface area is 116 Å². The molecule has 6 heteroatoms. The van der Waals surface area contributed by atoms with Crippen LogP contribution >= 0.6 is 0 Å². The van der Waals surface area contributed by atoms with Gasteiger partial charge in [0.2, 0.25) is 0 Å². The Kier molecular flexibility index (Phi) is 4.02. The van der Waals surface area contributed by atoms with Gasteiger partial charge in [0.15, 0.2) is 0 Å². The second-order valence-electron chi connectivity index (χ2n) is 4.42. The molecule has 0 amide bonds. The van der Waals surface area contributed by atoms with E-state index in [1.54, 1.807) is 11.7 Å². The number of anilines is 1. The normalized spacial score (nSPS) is 10.6. The molecule has 1 heterocycles. The molecule has 0 saturated carbocycles. The molecule has 2 rings (SSSR count). The third-order valence-corrected chi connectivity index (χ3v) is 2.98. The van der Waals surface area contributed by atoms with Crippen LogP contribution in [0.15, 0.2) is 24.3 Å². The molecule has 0 saturated heterocycles. The van der Waals surface area contributed by atoms with Gasteiger partial charge < -0.3 is 10.5 Å². The summed E-state index contributed by atoms with van der Waals surface area (Å²) >= 11 is 0. The molecule has 0 aliphatic carbocycles. The number of carbonyl (C=O) groups is 1. The molecular weight excluding hydrogens is 261 g/mol. The van der Waals surface area contributed by atoms with Gasteiger partial charge in [-0.25, -0.2) is 9.18 Å². The Hall–Kier alpha value is -2.37. The average molecular weight is 277 g/mol.